The minimum absolute atomic E-state index is 0.0406. The number of rotatable bonds is 8. The number of carbonyl (C=O) groups is 2. The Labute approximate surface area is 105 Å². The Bertz CT molecular complexity index is 271. The van der Waals surface area contributed by atoms with Gasteiger partial charge in [0.2, 0.25) is 0 Å². The third-order valence-corrected chi connectivity index (χ3v) is 2.87. The third-order valence-electron chi connectivity index (χ3n) is 2.87. The lowest BCUT2D eigenvalue weighted by Gasteiger charge is -2.23. The lowest BCUT2D eigenvalue weighted by atomic mass is 9.79. The summed E-state index contributed by atoms with van der Waals surface area (Å²) in [5, 5.41) is 0. The number of ketones is 2. The fraction of sp³-hybridized carbons (Fsp3) is 0.733. The fourth-order valence-corrected chi connectivity index (χ4v) is 1.80. The van der Waals surface area contributed by atoms with Crippen LogP contribution in [-0.2, 0) is 9.59 Å². The van der Waals surface area contributed by atoms with E-state index in [1.54, 1.807) is 6.08 Å². The first-order chi connectivity index (χ1) is 7.84. The van der Waals surface area contributed by atoms with Gasteiger partial charge in [-0.25, -0.2) is 0 Å². The number of unbranched alkanes of at least 4 members (excludes halogenated alkanes) is 2. The number of carbonyl (C=O) groups excluding carboxylic acids is 2. The first-order valence-corrected chi connectivity index (χ1v) is 6.52. The Hall–Kier alpha value is -0.920. The highest BCUT2D eigenvalue weighted by molar-refractivity contribution is 6.04. The molecule has 0 heterocycles. The van der Waals surface area contributed by atoms with Crippen LogP contribution in [0.25, 0.3) is 0 Å². The molecule has 0 saturated heterocycles. The molecule has 0 aliphatic heterocycles. The minimum Gasteiger partial charge on any atom is -0.299 e. The van der Waals surface area contributed by atoms with Crippen LogP contribution in [0, 0.1) is 11.3 Å². The van der Waals surface area contributed by atoms with Crippen LogP contribution in [-0.4, -0.2) is 11.6 Å². The van der Waals surface area contributed by atoms with E-state index in [-0.39, 0.29) is 11.6 Å². The van der Waals surface area contributed by atoms with Crippen molar-refractivity contribution in [3.05, 3.63) is 12.7 Å². The van der Waals surface area contributed by atoms with Gasteiger partial charge < -0.3 is 0 Å². The summed E-state index contributed by atoms with van der Waals surface area (Å²) in [6.07, 6.45) is 5.70. The van der Waals surface area contributed by atoms with E-state index >= 15 is 0 Å². The Morgan fingerprint density at radius 2 is 1.82 bits per heavy atom. The zero-order chi connectivity index (χ0) is 13.5. The molecule has 0 spiro atoms. The van der Waals surface area contributed by atoms with E-state index < -0.39 is 11.3 Å². The zero-order valence-electron chi connectivity index (χ0n) is 11.7. The van der Waals surface area contributed by atoms with Crippen molar-refractivity contribution in [2.24, 2.45) is 11.3 Å². The summed E-state index contributed by atoms with van der Waals surface area (Å²) >= 11 is 0. The van der Waals surface area contributed by atoms with E-state index in [1.165, 1.54) is 0 Å². The predicted octanol–water partition coefficient (Wildman–Crippen LogP) is 3.94. The van der Waals surface area contributed by atoms with Crippen molar-refractivity contribution in [2.75, 3.05) is 0 Å². The monoisotopic (exact) mass is 238 g/mol. The average Bonchev–Trinajstić information content (AvgIpc) is 2.23. The van der Waals surface area contributed by atoms with Crippen molar-refractivity contribution in [2.45, 2.75) is 59.8 Å². The number of hydrogen-bond acceptors (Lipinski definition) is 2. The second kappa shape index (κ2) is 7.41. The molecule has 0 aromatic rings. The maximum atomic E-state index is 12.2. The minimum atomic E-state index is -0.482. The second-order valence-electron chi connectivity index (χ2n) is 5.61. The van der Waals surface area contributed by atoms with Crippen molar-refractivity contribution in [1.82, 2.24) is 0 Å². The first kappa shape index (κ1) is 16.1. The van der Waals surface area contributed by atoms with Gasteiger partial charge in [0.1, 0.15) is 11.6 Å². The first-order valence-electron chi connectivity index (χ1n) is 6.52. The summed E-state index contributed by atoms with van der Waals surface area (Å²) in [7, 11) is 0. The molecule has 0 N–H and O–H groups in total. The van der Waals surface area contributed by atoms with Gasteiger partial charge in [-0.3, -0.25) is 9.59 Å². The van der Waals surface area contributed by atoms with Crippen molar-refractivity contribution >= 4 is 11.6 Å². The number of Topliss-reactive ketones (excluding diaryl/α,β-unsaturated/α-hetero) is 2. The molecular formula is C15H26O2. The summed E-state index contributed by atoms with van der Waals surface area (Å²) in [5.41, 5.74) is -0.450. The molecule has 1 unspecified atom stereocenters. The lowest BCUT2D eigenvalue weighted by Crippen LogP contribution is -2.33. The molecule has 1 atom stereocenters. The van der Waals surface area contributed by atoms with Gasteiger partial charge in [0.05, 0.1) is 5.92 Å². The van der Waals surface area contributed by atoms with Crippen molar-refractivity contribution in [3.8, 4) is 0 Å². The summed E-state index contributed by atoms with van der Waals surface area (Å²) in [6, 6.07) is 0. The molecule has 0 aliphatic carbocycles. The fourth-order valence-electron chi connectivity index (χ4n) is 1.80. The molecule has 17 heavy (non-hydrogen) atoms. The maximum Gasteiger partial charge on any atom is 0.148 e. The van der Waals surface area contributed by atoms with Crippen molar-refractivity contribution in [1.29, 1.82) is 0 Å². The molecule has 0 radical (unpaired) electrons. The quantitative estimate of drug-likeness (QED) is 0.364. The Morgan fingerprint density at radius 3 is 2.24 bits per heavy atom. The smallest absolute Gasteiger partial charge is 0.148 e. The summed E-state index contributed by atoms with van der Waals surface area (Å²) in [6.45, 7) is 11.3. The van der Waals surface area contributed by atoms with Crippen LogP contribution in [0.2, 0.25) is 0 Å². The van der Waals surface area contributed by atoms with Crippen LogP contribution in [0.3, 0.4) is 0 Å². The molecule has 0 bridgehead atoms. The third kappa shape index (κ3) is 5.81. The molecule has 2 nitrogen and oxygen atoms in total. The van der Waals surface area contributed by atoms with Gasteiger partial charge >= 0.3 is 0 Å². The van der Waals surface area contributed by atoms with Crippen LogP contribution < -0.4 is 0 Å². The van der Waals surface area contributed by atoms with Crippen LogP contribution in [0.4, 0.5) is 0 Å². The van der Waals surface area contributed by atoms with Crippen molar-refractivity contribution < 1.29 is 9.59 Å². The van der Waals surface area contributed by atoms with E-state index in [1.807, 2.05) is 20.8 Å². The number of hydrogen-bond donors (Lipinski definition) is 0. The molecule has 0 fully saturated rings. The Kier molecular flexibility index (Phi) is 7.01. The van der Waals surface area contributed by atoms with Gasteiger partial charge in [0.25, 0.3) is 0 Å². The van der Waals surface area contributed by atoms with Gasteiger partial charge in [-0.2, -0.15) is 0 Å². The van der Waals surface area contributed by atoms with Crippen LogP contribution >= 0.6 is 0 Å². The molecular weight excluding hydrogens is 212 g/mol. The predicted molar refractivity (Wildman–Crippen MR) is 71.9 cm³/mol. The van der Waals surface area contributed by atoms with Crippen LogP contribution in [0.1, 0.15) is 59.8 Å². The van der Waals surface area contributed by atoms with E-state index in [2.05, 4.69) is 13.5 Å². The zero-order valence-corrected chi connectivity index (χ0v) is 11.7. The highest BCUT2D eigenvalue weighted by Gasteiger charge is 2.32. The summed E-state index contributed by atoms with van der Waals surface area (Å²) in [5.74, 6) is -0.360. The second-order valence-corrected chi connectivity index (χ2v) is 5.61. The van der Waals surface area contributed by atoms with Crippen LogP contribution in [0.15, 0.2) is 12.7 Å². The van der Waals surface area contributed by atoms with E-state index in [4.69, 9.17) is 0 Å². The molecule has 0 rings (SSSR count). The molecule has 0 aromatic heterocycles. The van der Waals surface area contributed by atoms with E-state index in [0.29, 0.717) is 12.8 Å². The number of allylic oxidation sites excluding steroid dienone is 1. The highest BCUT2D eigenvalue weighted by Crippen LogP contribution is 2.24. The SMILES string of the molecule is C=CCC(C(=O)CCCCC)C(=O)C(C)(C)C. The molecule has 0 aromatic carbocycles. The maximum absolute atomic E-state index is 12.2. The standard InChI is InChI=1S/C15H26O2/c1-6-8-9-11-13(16)12(10-7-2)14(17)15(3,4)5/h7,12H,2,6,8-11H2,1,3-5H3. The van der Waals surface area contributed by atoms with E-state index in [9.17, 15) is 9.59 Å². The van der Waals surface area contributed by atoms with Gasteiger partial charge in [-0.15, -0.1) is 6.58 Å². The van der Waals surface area contributed by atoms with Gasteiger partial charge in [0.15, 0.2) is 0 Å². The molecule has 2 heteroatoms. The van der Waals surface area contributed by atoms with Crippen LogP contribution in [0.5, 0.6) is 0 Å². The summed E-state index contributed by atoms with van der Waals surface area (Å²) in [4.78, 5) is 24.2. The Morgan fingerprint density at radius 1 is 1.24 bits per heavy atom. The van der Waals surface area contributed by atoms with Gasteiger partial charge in [-0.05, 0) is 12.8 Å². The van der Waals surface area contributed by atoms with Gasteiger partial charge in [-0.1, -0.05) is 46.6 Å². The lowest BCUT2D eigenvalue weighted by molar-refractivity contribution is -0.137. The molecule has 0 amide bonds. The van der Waals surface area contributed by atoms with E-state index in [0.717, 1.165) is 19.3 Å². The normalized spacial score (nSPS) is 13.2. The largest absolute Gasteiger partial charge is 0.299 e. The molecule has 0 aliphatic rings. The summed E-state index contributed by atoms with van der Waals surface area (Å²) < 4.78 is 0. The topological polar surface area (TPSA) is 34.1 Å². The average molecular weight is 238 g/mol. The van der Waals surface area contributed by atoms with Gasteiger partial charge in [0, 0.05) is 11.8 Å². The molecule has 0 saturated carbocycles. The Balaban J connectivity index is 4.56. The highest BCUT2D eigenvalue weighted by atomic mass is 16.2. The molecule has 98 valence electrons. The van der Waals surface area contributed by atoms with Crippen molar-refractivity contribution in [3.63, 3.8) is 0 Å².